The Kier molecular flexibility index (Phi) is 3.29. The van der Waals surface area contributed by atoms with Crippen molar-refractivity contribution in [3.05, 3.63) is 53.7 Å². The van der Waals surface area contributed by atoms with Gasteiger partial charge in [-0.15, -0.1) is 0 Å². The molecular weight excluding hydrogens is 244 g/mol. The molecule has 0 saturated carbocycles. The molecule has 0 saturated heterocycles. The molecule has 0 radical (unpaired) electrons. The van der Waals surface area contributed by atoms with Gasteiger partial charge in [-0.3, -0.25) is 4.79 Å². The van der Waals surface area contributed by atoms with Crippen molar-refractivity contribution >= 4 is 5.91 Å². The third kappa shape index (κ3) is 2.51. The van der Waals surface area contributed by atoms with E-state index in [2.05, 4.69) is 16.4 Å². The maximum atomic E-state index is 11.8. The number of hydrogen-bond donors (Lipinski definition) is 1. The summed E-state index contributed by atoms with van der Waals surface area (Å²) in [6.07, 6.45) is 3.45. The molecule has 1 aromatic heterocycles. The van der Waals surface area contributed by atoms with Crippen molar-refractivity contribution in [1.29, 1.82) is 0 Å². The minimum atomic E-state index is -0.274. The number of benzene rings is 1. The molecule has 1 amide bonds. The lowest BCUT2D eigenvalue weighted by Crippen LogP contribution is -2.31. The standard InChI is InChI=1S/C14H14N2O3/c17-14(13-7-15-9-19-13)16-8-12-11-4-2-1-3-10(11)5-6-18-12/h1-4,7,9,12H,5-6,8H2,(H,16,17)/t12-/m0/s1. The third-order valence-electron chi connectivity index (χ3n) is 3.20. The molecule has 0 aliphatic carbocycles. The van der Waals surface area contributed by atoms with Gasteiger partial charge in [-0.2, -0.15) is 0 Å². The fourth-order valence-electron chi connectivity index (χ4n) is 2.25. The van der Waals surface area contributed by atoms with Crippen molar-refractivity contribution in [3.8, 4) is 0 Å². The molecule has 3 rings (SSSR count). The van der Waals surface area contributed by atoms with Crippen LogP contribution in [-0.4, -0.2) is 24.0 Å². The Morgan fingerprint density at radius 2 is 2.32 bits per heavy atom. The minimum Gasteiger partial charge on any atom is -0.438 e. The highest BCUT2D eigenvalue weighted by Gasteiger charge is 2.21. The predicted octanol–water partition coefficient (Wildman–Crippen LogP) is 1.72. The number of carbonyl (C=O) groups is 1. The van der Waals surface area contributed by atoms with Crippen molar-refractivity contribution in [3.63, 3.8) is 0 Å². The summed E-state index contributed by atoms with van der Waals surface area (Å²) >= 11 is 0. The zero-order valence-corrected chi connectivity index (χ0v) is 10.3. The minimum absolute atomic E-state index is 0.100. The molecule has 1 atom stereocenters. The van der Waals surface area contributed by atoms with Gasteiger partial charge in [-0.25, -0.2) is 4.98 Å². The molecule has 2 aromatic rings. The van der Waals surface area contributed by atoms with E-state index in [9.17, 15) is 4.79 Å². The molecule has 5 heteroatoms. The molecule has 1 N–H and O–H groups in total. The van der Waals surface area contributed by atoms with Crippen molar-refractivity contribution in [2.75, 3.05) is 13.2 Å². The third-order valence-corrected chi connectivity index (χ3v) is 3.20. The van der Waals surface area contributed by atoms with Gasteiger partial charge in [0.05, 0.1) is 12.8 Å². The van der Waals surface area contributed by atoms with E-state index in [0.29, 0.717) is 13.2 Å². The van der Waals surface area contributed by atoms with Gasteiger partial charge in [-0.1, -0.05) is 24.3 Å². The zero-order chi connectivity index (χ0) is 13.1. The Labute approximate surface area is 110 Å². The number of amides is 1. The van der Waals surface area contributed by atoms with Gasteiger partial charge in [0.1, 0.15) is 6.10 Å². The topological polar surface area (TPSA) is 64.4 Å². The molecule has 2 heterocycles. The largest absolute Gasteiger partial charge is 0.438 e. The molecule has 0 fully saturated rings. The van der Waals surface area contributed by atoms with Crippen LogP contribution in [0.2, 0.25) is 0 Å². The Morgan fingerprint density at radius 1 is 1.42 bits per heavy atom. The molecule has 1 aromatic carbocycles. The Hall–Kier alpha value is -2.14. The van der Waals surface area contributed by atoms with E-state index in [1.54, 1.807) is 0 Å². The van der Waals surface area contributed by atoms with E-state index in [1.807, 2.05) is 18.2 Å². The highest BCUT2D eigenvalue weighted by molar-refractivity contribution is 5.91. The molecule has 98 valence electrons. The van der Waals surface area contributed by atoms with E-state index in [0.717, 1.165) is 12.0 Å². The number of nitrogens with one attached hydrogen (secondary N) is 1. The number of ether oxygens (including phenoxy) is 1. The van der Waals surface area contributed by atoms with Gasteiger partial charge >= 0.3 is 0 Å². The summed E-state index contributed by atoms with van der Waals surface area (Å²) in [5.41, 5.74) is 2.43. The number of oxazole rings is 1. The van der Waals surface area contributed by atoms with E-state index in [4.69, 9.17) is 9.15 Å². The Bertz CT molecular complexity index is 566. The normalized spacial score (nSPS) is 17.8. The van der Waals surface area contributed by atoms with Crippen LogP contribution in [0.3, 0.4) is 0 Å². The van der Waals surface area contributed by atoms with E-state index in [-0.39, 0.29) is 17.8 Å². The molecule has 0 unspecified atom stereocenters. The smallest absolute Gasteiger partial charge is 0.288 e. The molecule has 1 aliphatic rings. The van der Waals surface area contributed by atoms with Crippen molar-refractivity contribution in [2.45, 2.75) is 12.5 Å². The lowest BCUT2D eigenvalue weighted by atomic mass is 9.97. The van der Waals surface area contributed by atoms with Crippen LogP contribution in [0.1, 0.15) is 27.8 Å². The number of hydrogen-bond acceptors (Lipinski definition) is 4. The first-order chi connectivity index (χ1) is 9.34. The van der Waals surface area contributed by atoms with E-state index >= 15 is 0 Å². The van der Waals surface area contributed by atoms with Crippen LogP contribution in [0, 0.1) is 0 Å². The molecule has 1 aliphatic heterocycles. The van der Waals surface area contributed by atoms with Crippen LogP contribution in [0.5, 0.6) is 0 Å². The Balaban J connectivity index is 1.67. The number of aromatic nitrogens is 1. The summed E-state index contributed by atoms with van der Waals surface area (Å²) in [5.74, 6) is -0.0618. The summed E-state index contributed by atoms with van der Waals surface area (Å²) in [5, 5.41) is 2.80. The predicted molar refractivity (Wildman–Crippen MR) is 67.7 cm³/mol. The average Bonchev–Trinajstić information content (AvgIpc) is 2.99. The van der Waals surface area contributed by atoms with Gasteiger partial charge in [0, 0.05) is 6.54 Å². The summed E-state index contributed by atoms with van der Waals surface area (Å²) < 4.78 is 10.7. The first-order valence-corrected chi connectivity index (χ1v) is 6.20. The zero-order valence-electron chi connectivity index (χ0n) is 10.3. The molecule has 5 nitrogen and oxygen atoms in total. The van der Waals surface area contributed by atoms with Crippen molar-refractivity contribution in [1.82, 2.24) is 10.3 Å². The second-order valence-electron chi connectivity index (χ2n) is 4.38. The molecule has 0 bridgehead atoms. The highest BCUT2D eigenvalue weighted by atomic mass is 16.5. The number of carbonyl (C=O) groups excluding carboxylic acids is 1. The van der Waals surface area contributed by atoms with Gasteiger partial charge in [0.2, 0.25) is 5.76 Å². The highest BCUT2D eigenvalue weighted by Crippen LogP contribution is 2.26. The molecular formula is C14H14N2O3. The number of fused-ring (bicyclic) bond motifs is 1. The van der Waals surface area contributed by atoms with Crippen molar-refractivity contribution < 1.29 is 13.9 Å². The van der Waals surface area contributed by atoms with E-state index < -0.39 is 0 Å². The molecule has 19 heavy (non-hydrogen) atoms. The second kappa shape index (κ2) is 5.24. The first kappa shape index (κ1) is 11.9. The van der Waals surface area contributed by atoms with Crippen LogP contribution < -0.4 is 5.32 Å². The lowest BCUT2D eigenvalue weighted by Gasteiger charge is -2.26. The maximum Gasteiger partial charge on any atom is 0.288 e. The lowest BCUT2D eigenvalue weighted by molar-refractivity contribution is 0.0408. The van der Waals surface area contributed by atoms with Crippen LogP contribution in [0.15, 0.2) is 41.3 Å². The monoisotopic (exact) mass is 258 g/mol. The van der Waals surface area contributed by atoms with Gasteiger partial charge in [0.15, 0.2) is 6.39 Å². The quantitative estimate of drug-likeness (QED) is 0.910. The van der Waals surface area contributed by atoms with Crippen LogP contribution in [0.4, 0.5) is 0 Å². The summed E-state index contributed by atoms with van der Waals surface area (Å²) in [7, 11) is 0. The number of nitrogens with zero attached hydrogens (tertiary/aromatic N) is 1. The summed E-state index contributed by atoms with van der Waals surface area (Å²) in [6, 6.07) is 8.15. The van der Waals surface area contributed by atoms with Gasteiger partial charge < -0.3 is 14.5 Å². The summed E-state index contributed by atoms with van der Waals surface area (Å²) in [6.45, 7) is 1.11. The first-order valence-electron chi connectivity index (χ1n) is 6.20. The van der Waals surface area contributed by atoms with Gasteiger partial charge in [0.25, 0.3) is 5.91 Å². The van der Waals surface area contributed by atoms with Crippen molar-refractivity contribution in [2.24, 2.45) is 0 Å². The fourth-order valence-corrected chi connectivity index (χ4v) is 2.25. The molecule has 0 spiro atoms. The average molecular weight is 258 g/mol. The number of rotatable bonds is 3. The van der Waals surface area contributed by atoms with Crippen LogP contribution >= 0.6 is 0 Å². The van der Waals surface area contributed by atoms with Crippen LogP contribution in [0.25, 0.3) is 0 Å². The van der Waals surface area contributed by atoms with Gasteiger partial charge in [-0.05, 0) is 17.5 Å². The maximum absolute atomic E-state index is 11.8. The second-order valence-corrected chi connectivity index (χ2v) is 4.38. The summed E-state index contributed by atoms with van der Waals surface area (Å²) in [4.78, 5) is 15.5. The fraction of sp³-hybridized carbons (Fsp3) is 0.286. The SMILES string of the molecule is O=C(NC[C@@H]1OCCc2ccccc21)c1cnco1. The van der Waals surface area contributed by atoms with Crippen LogP contribution in [-0.2, 0) is 11.2 Å². The van der Waals surface area contributed by atoms with E-state index in [1.165, 1.54) is 18.2 Å². The Morgan fingerprint density at radius 3 is 3.16 bits per heavy atom.